The van der Waals surface area contributed by atoms with Gasteiger partial charge in [0, 0.05) is 37.6 Å². The van der Waals surface area contributed by atoms with Crippen molar-refractivity contribution in [3.05, 3.63) is 0 Å². The van der Waals surface area contributed by atoms with Crippen molar-refractivity contribution in [3.63, 3.8) is 0 Å². The monoisotopic (exact) mass is 255 g/mol. The minimum atomic E-state index is 0.101. The average molecular weight is 255 g/mol. The SMILES string of the molecule is CC(C)NCCCC(=O)N1CCN(C)C(C)(C)C1. The number of amides is 1. The zero-order valence-corrected chi connectivity index (χ0v) is 12.6. The molecule has 0 bridgehead atoms. The highest BCUT2D eigenvalue weighted by Gasteiger charge is 2.32. The van der Waals surface area contributed by atoms with Crippen molar-refractivity contribution in [1.29, 1.82) is 0 Å². The molecule has 0 radical (unpaired) electrons. The first-order valence-electron chi connectivity index (χ1n) is 7.05. The summed E-state index contributed by atoms with van der Waals surface area (Å²) in [5.41, 5.74) is 0.101. The van der Waals surface area contributed by atoms with Crippen molar-refractivity contribution < 1.29 is 4.79 Å². The van der Waals surface area contributed by atoms with Gasteiger partial charge >= 0.3 is 0 Å². The number of hydrogen-bond donors (Lipinski definition) is 1. The molecule has 0 unspecified atom stereocenters. The maximum atomic E-state index is 12.1. The van der Waals surface area contributed by atoms with E-state index in [1.165, 1.54) is 0 Å². The molecule has 0 aromatic heterocycles. The van der Waals surface area contributed by atoms with E-state index in [9.17, 15) is 4.79 Å². The van der Waals surface area contributed by atoms with Crippen LogP contribution in [0.1, 0.15) is 40.5 Å². The minimum absolute atomic E-state index is 0.101. The number of rotatable bonds is 5. The topological polar surface area (TPSA) is 35.6 Å². The Morgan fingerprint density at radius 2 is 2.00 bits per heavy atom. The van der Waals surface area contributed by atoms with Crippen LogP contribution in [0.15, 0.2) is 0 Å². The summed E-state index contributed by atoms with van der Waals surface area (Å²) in [6, 6.07) is 0.502. The summed E-state index contributed by atoms with van der Waals surface area (Å²) in [6.07, 6.45) is 1.60. The molecule has 1 heterocycles. The third-order valence-electron chi connectivity index (χ3n) is 3.79. The third-order valence-corrected chi connectivity index (χ3v) is 3.79. The Bertz CT molecular complexity index is 276. The van der Waals surface area contributed by atoms with Crippen molar-refractivity contribution >= 4 is 5.91 Å². The van der Waals surface area contributed by atoms with Crippen LogP contribution in [0.2, 0.25) is 0 Å². The van der Waals surface area contributed by atoms with Crippen LogP contribution in [0.4, 0.5) is 0 Å². The summed E-state index contributed by atoms with van der Waals surface area (Å²) in [5.74, 6) is 0.307. The summed E-state index contributed by atoms with van der Waals surface area (Å²) in [4.78, 5) is 16.5. The second-order valence-electron chi connectivity index (χ2n) is 6.26. The largest absolute Gasteiger partial charge is 0.340 e. The zero-order chi connectivity index (χ0) is 13.8. The van der Waals surface area contributed by atoms with Crippen LogP contribution in [-0.4, -0.2) is 60.5 Å². The number of nitrogens with one attached hydrogen (secondary N) is 1. The molecule has 1 amide bonds. The van der Waals surface area contributed by atoms with Gasteiger partial charge in [-0.15, -0.1) is 0 Å². The molecule has 18 heavy (non-hydrogen) atoms. The molecule has 0 spiro atoms. The molecule has 4 heteroatoms. The zero-order valence-electron chi connectivity index (χ0n) is 12.6. The fraction of sp³-hybridized carbons (Fsp3) is 0.929. The van der Waals surface area contributed by atoms with Gasteiger partial charge in [-0.3, -0.25) is 9.69 Å². The summed E-state index contributed by atoms with van der Waals surface area (Å²) in [7, 11) is 2.13. The standard InChI is InChI=1S/C14H29N3O/c1-12(2)15-8-6-7-13(18)17-10-9-16(5)14(3,4)11-17/h12,15H,6-11H2,1-5H3. The van der Waals surface area contributed by atoms with Gasteiger partial charge in [0.2, 0.25) is 5.91 Å². The molecule has 1 fully saturated rings. The van der Waals surface area contributed by atoms with Crippen LogP contribution < -0.4 is 5.32 Å². The third kappa shape index (κ3) is 4.58. The molecular weight excluding hydrogens is 226 g/mol. The second kappa shape index (κ2) is 6.53. The van der Waals surface area contributed by atoms with Crippen LogP contribution >= 0.6 is 0 Å². The number of carbonyl (C=O) groups excluding carboxylic acids is 1. The van der Waals surface area contributed by atoms with Crippen LogP contribution in [-0.2, 0) is 4.79 Å². The molecule has 0 aliphatic carbocycles. The Morgan fingerprint density at radius 1 is 1.33 bits per heavy atom. The highest BCUT2D eigenvalue weighted by Crippen LogP contribution is 2.19. The number of likely N-dealkylation sites (N-methyl/N-ethyl adjacent to an activating group) is 1. The first-order valence-corrected chi connectivity index (χ1v) is 7.05. The molecule has 1 aliphatic rings. The average Bonchev–Trinajstić information content (AvgIpc) is 2.27. The molecule has 0 aromatic rings. The molecule has 1 saturated heterocycles. The van der Waals surface area contributed by atoms with Crippen molar-refractivity contribution in [2.45, 2.75) is 52.1 Å². The van der Waals surface area contributed by atoms with Crippen molar-refractivity contribution in [1.82, 2.24) is 15.1 Å². The van der Waals surface area contributed by atoms with E-state index < -0.39 is 0 Å². The number of hydrogen-bond acceptors (Lipinski definition) is 3. The molecule has 1 N–H and O–H groups in total. The number of carbonyl (C=O) groups is 1. The van der Waals surface area contributed by atoms with Crippen LogP contribution in [0.3, 0.4) is 0 Å². The molecule has 0 saturated carbocycles. The lowest BCUT2D eigenvalue weighted by Gasteiger charge is -2.45. The van der Waals surface area contributed by atoms with Crippen molar-refractivity contribution in [2.24, 2.45) is 0 Å². The van der Waals surface area contributed by atoms with Crippen LogP contribution in [0, 0.1) is 0 Å². The fourth-order valence-corrected chi connectivity index (χ4v) is 2.24. The van der Waals surface area contributed by atoms with Gasteiger partial charge < -0.3 is 10.2 Å². The predicted molar refractivity (Wildman–Crippen MR) is 75.7 cm³/mol. The van der Waals surface area contributed by atoms with E-state index in [0.29, 0.717) is 18.4 Å². The maximum absolute atomic E-state index is 12.1. The summed E-state index contributed by atoms with van der Waals surface area (Å²) in [5, 5.41) is 3.35. The van der Waals surface area contributed by atoms with E-state index in [0.717, 1.165) is 32.6 Å². The minimum Gasteiger partial charge on any atom is -0.340 e. The molecule has 106 valence electrons. The Morgan fingerprint density at radius 3 is 2.56 bits per heavy atom. The van der Waals surface area contributed by atoms with E-state index in [1.807, 2.05) is 4.90 Å². The van der Waals surface area contributed by atoms with Gasteiger partial charge in [-0.25, -0.2) is 0 Å². The Labute approximate surface area is 112 Å². The van der Waals surface area contributed by atoms with Gasteiger partial charge in [-0.05, 0) is 33.9 Å². The van der Waals surface area contributed by atoms with Gasteiger partial charge in [0.1, 0.15) is 0 Å². The van der Waals surface area contributed by atoms with Gasteiger partial charge in [-0.2, -0.15) is 0 Å². The first kappa shape index (κ1) is 15.4. The van der Waals surface area contributed by atoms with Crippen molar-refractivity contribution in [3.8, 4) is 0 Å². The lowest BCUT2D eigenvalue weighted by atomic mass is 9.99. The fourth-order valence-electron chi connectivity index (χ4n) is 2.24. The van der Waals surface area contributed by atoms with Crippen molar-refractivity contribution in [2.75, 3.05) is 33.2 Å². The van der Waals surface area contributed by atoms with E-state index in [4.69, 9.17) is 0 Å². The Balaban J connectivity index is 2.30. The lowest BCUT2D eigenvalue weighted by Crippen LogP contribution is -2.58. The molecule has 0 aromatic carbocycles. The van der Waals surface area contributed by atoms with Gasteiger partial charge in [0.05, 0.1) is 0 Å². The summed E-state index contributed by atoms with van der Waals surface area (Å²) < 4.78 is 0. The normalized spacial score (nSPS) is 20.4. The molecule has 1 aliphatic heterocycles. The highest BCUT2D eigenvalue weighted by molar-refractivity contribution is 5.76. The van der Waals surface area contributed by atoms with Gasteiger partial charge in [0.15, 0.2) is 0 Å². The predicted octanol–water partition coefficient (Wildman–Crippen LogP) is 1.32. The Hall–Kier alpha value is -0.610. The smallest absolute Gasteiger partial charge is 0.222 e. The molecule has 4 nitrogen and oxygen atoms in total. The Kier molecular flexibility index (Phi) is 5.60. The van der Waals surface area contributed by atoms with Crippen LogP contribution in [0.25, 0.3) is 0 Å². The van der Waals surface area contributed by atoms with Crippen LogP contribution in [0.5, 0.6) is 0 Å². The lowest BCUT2D eigenvalue weighted by molar-refractivity contribution is -0.135. The number of piperazine rings is 1. The quantitative estimate of drug-likeness (QED) is 0.753. The van der Waals surface area contributed by atoms with E-state index in [2.05, 4.69) is 45.0 Å². The maximum Gasteiger partial charge on any atom is 0.222 e. The van der Waals surface area contributed by atoms with E-state index in [1.54, 1.807) is 0 Å². The van der Waals surface area contributed by atoms with E-state index in [-0.39, 0.29) is 5.54 Å². The molecule has 0 atom stereocenters. The summed E-state index contributed by atoms with van der Waals surface area (Å²) in [6.45, 7) is 12.3. The van der Waals surface area contributed by atoms with Gasteiger partial charge in [-0.1, -0.05) is 13.8 Å². The first-order chi connectivity index (χ1) is 8.33. The molecular formula is C14H29N3O. The van der Waals surface area contributed by atoms with E-state index >= 15 is 0 Å². The summed E-state index contributed by atoms with van der Waals surface area (Å²) >= 11 is 0. The highest BCUT2D eigenvalue weighted by atomic mass is 16.2. The molecule has 1 rings (SSSR count). The number of nitrogens with zero attached hydrogens (tertiary/aromatic N) is 2. The second-order valence-corrected chi connectivity index (χ2v) is 6.26. The van der Waals surface area contributed by atoms with Gasteiger partial charge in [0.25, 0.3) is 0 Å².